The lowest BCUT2D eigenvalue weighted by atomic mass is 10.0. The third kappa shape index (κ3) is 5.23. The van der Waals surface area contributed by atoms with Crippen LogP contribution in [0.3, 0.4) is 0 Å². The van der Waals surface area contributed by atoms with Crippen molar-refractivity contribution in [2.45, 2.75) is 58.7 Å². The van der Waals surface area contributed by atoms with Gasteiger partial charge in [-0.2, -0.15) is 13.2 Å². The molecule has 1 unspecified atom stereocenters. The van der Waals surface area contributed by atoms with E-state index in [0.29, 0.717) is 12.3 Å². The molecule has 0 saturated carbocycles. The van der Waals surface area contributed by atoms with E-state index < -0.39 is 19.8 Å². The average molecular weight is 375 g/mol. The van der Waals surface area contributed by atoms with Gasteiger partial charge in [0.25, 0.3) is 0 Å². The van der Waals surface area contributed by atoms with Gasteiger partial charge in [0.05, 0.1) is 31.4 Å². The summed E-state index contributed by atoms with van der Waals surface area (Å²) in [6.45, 7) is 12.2. The zero-order valence-electron chi connectivity index (χ0n) is 16.2. The van der Waals surface area contributed by atoms with Crippen LogP contribution in [0.25, 0.3) is 0 Å². The Morgan fingerprint density at radius 2 is 1.84 bits per heavy atom. The number of rotatable bonds is 7. The Morgan fingerprint density at radius 3 is 2.24 bits per heavy atom. The van der Waals surface area contributed by atoms with Crippen LogP contribution in [0.2, 0.25) is 19.6 Å². The second-order valence-electron chi connectivity index (χ2n) is 7.12. The predicted octanol–water partition coefficient (Wildman–Crippen LogP) is 5.53. The summed E-state index contributed by atoms with van der Waals surface area (Å²) in [5.41, 5.74) is -0.453. The molecule has 142 valence electrons. The van der Waals surface area contributed by atoms with Crippen molar-refractivity contribution < 1.29 is 17.9 Å². The number of hydrogen-bond donors (Lipinski definition) is 0. The number of hydrogen-bond acceptors (Lipinski definition) is 2. The minimum Gasteiger partial charge on any atom is -0.494 e. The van der Waals surface area contributed by atoms with E-state index in [4.69, 9.17) is 4.74 Å². The third-order valence-corrected chi connectivity index (χ3v) is 6.65. The van der Waals surface area contributed by atoms with Gasteiger partial charge in [0.1, 0.15) is 5.75 Å². The molecule has 3 nitrogen and oxygen atoms in total. The second-order valence-corrected chi connectivity index (χ2v) is 12.5. The van der Waals surface area contributed by atoms with Gasteiger partial charge in [-0.25, -0.2) is 0 Å². The van der Waals surface area contributed by atoms with E-state index in [-0.39, 0.29) is 17.0 Å². The van der Waals surface area contributed by atoms with Gasteiger partial charge in [-0.15, -0.1) is 0 Å². The van der Waals surface area contributed by atoms with Gasteiger partial charge in [0, 0.05) is 19.2 Å². The van der Waals surface area contributed by atoms with Crippen LogP contribution in [-0.2, 0) is 6.18 Å². The number of aliphatic imine (C=N–C) groups is 1. The smallest absolute Gasteiger partial charge is 0.418 e. The number of alkyl halides is 3. The first kappa shape index (κ1) is 21.5. The van der Waals surface area contributed by atoms with Crippen LogP contribution in [0, 0.1) is 6.92 Å². The first-order valence-corrected chi connectivity index (χ1v) is 12.1. The number of ether oxygens (including phenoxy) is 1. The van der Waals surface area contributed by atoms with Gasteiger partial charge in [0.15, 0.2) is 0 Å². The molecule has 0 aliphatic carbocycles. The van der Waals surface area contributed by atoms with Crippen molar-refractivity contribution in [2.24, 2.45) is 4.99 Å². The predicted molar refractivity (Wildman–Crippen MR) is 102 cm³/mol. The Morgan fingerprint density at radius 1 is 1.24 bits per heavy atom. The highest BCUT2D eigenvalue weighted by Gasteiger charge is 2.38. The Bertz CT molecular complexity index is 610. The molecule has 7 heteroatoms. The van der Waals surface area contributed by atoms with Gasteiger partial charge in [-0.3, -0.25) is 4.99 Å². The lowest BCUT2D eigenvalue weighted by Crippen LogP contribution is -2.42. The molecule has 0 N–H and O–H groups in total. The van der Waals surface area contributed by atoms with Crippen molar-refractivity contribution in [2.75, 3.05) is 18.5 Å². The minimum absolute atomic E-state index is 0.0300. The molecule has 1 atom stereocenters. The van der Waals surface area contributed by atoms with E-state index in [2.05, 4.69) is 24.6 Å². The van der Waals surface area contributed by atoms with E-state index in [1.165, 1.54) is 24.2 Å². The summed E-state index contributed by atoms with van der Waals surface area (Å²) >= 11 is 0. The highest BCUT2D eigenvalue weighted by Crippen LogP contribution is 2.42. The number of nitrogens with zero attached hydrogens (tertiary/aromatic N) is 2. The maximum absolute atomic E-state index is 13.8. The van der Waals surface area contributed by atoms with Gasteiger partial charge in [-0.05, 0) is 32.4 Å². The molecule has 1 rings (SSSR count). The maximum atomic E-state index is 13.8. The Labute approximate surface area is 149 Å². The highest BCUT2D eigenvalue weighted by atomic mass is 28.3. The second kappa shape index (κ2) is 8.25. The lowest BCUT2D eigenvalue weighted by Gasteiger charge is -2.31. The van der Waals surface area contributed by atoms with E-state index in [1.54, 1.807) is 20.0 Å². The van der Waals surface area contributed by atoms with Crippen LogP contribution in [0.4, 0.5) is 18.9 Å². The van der Waals surface area contributed by atoms with Crippen molar-refractivity contribution in [3.8, 4) is 5.75 Å². The van der Waals surface area contributed by atoms with Crippen molar-refractivity contribution in [3.63, 3.8) is 0 Å². The fourth-order valence-corrected chi connectivity index (χ4v) is 4.59. The lowest BCUT2D eigenvalue weighted by molar-refractivity contribution is -0.137. The Hall–Kier alpha value is -1.50. The van der Waals surface area contributed by atoms with Crippen LogP contribution in [0.5, 0.6) is 5.75 Å². The van der Waals surface area contributed by atoms with Crippen molar-refractivity contribution in [3.05, 3.63) is 23.3 Å². The fourth-order valence-electron chi connectivity index (χ4n) is 2.88. The van der Waals surface area contributed by atoms with Crippen LogP contribution in [0.15, 0.2) is 17.1 Å². The van der Waals surface area contributed by atoms with E-state index in [1.807, 2.05) is 6.92 Å². The topological polar surface area (TPSA) is 24.8 Å². The van der Waals surface area contributed by atoms with E-state index in [9.17, 15) is 13.2 Å². The first-order valence-electron chi connectivity index (χ1n) is 8.53. The van der Waals surface area contributed by atoms with Crippen molar-refractivity contribution in [1.82, 2.24) is 0 Å². The largest absolute Gasteiger partial charge is 0.494 e. The molecule has 0 aliphatic rings. The first-order chi connectivity index (χ1) is 11.5. The molecular weight excluding hydrogens is 345 g/mol. The minimum atomic E-state index is -4.46. The number of anilines is 1. The molecule has 0 saturated heterocycles. The molecule has 0 fully saturated rings. The Kier molecular flexibility index (Phi) is 7.11. The van der Waals surface area contributed by atoms with Crippen LogP contribution >= 0.6 is 0 Å². The van der Waals surface area contributed by atoms with Gasteiger partial charge in [0.2, 0.25) is 0 Å². The molecule has 1 aromatic carbocycles. The van der Waals surface area contributed by atoms with Crippen molar-refractivity contribution >= 4 is 20.1 Å². The molecule has 0 radical (unpaired) electrons. The molecular formula is C18H29F3N2OSi. The van der Waals surface area contributed by atoms with Crippen molar-refractivity contribution in [1.29, 1.82) is 0 Å². The standard InChI is InChI=1S/C18H29F3N2OSi/c1-8-16(25(5,6)7)24-15-11-10-14(23(9-2)12-22-4)17(13(15)3)18(19,20)21/h10-12,16H,8-9H2,1-7H3. The highest BCUT2D eigenvalue weighted by molar-refractivity contribution is 6.77. The molecule has 0 heterocycles. The summed E-state index contributed by atoms with van der Waals surface area (Å²) in [6.07, 6.45) is -2.27. The summed E-state index contributed by atoms with van der Waals surface area (Å²) in [5.74, 6) is 0.315. The average Bonchev–Trinajstić information content (AvgIpc) is 2.48. The summed E-state index contributed by atoms with van der Waals surface area (Å²) in [7, 11) is -0.104. The van der Waals surface area contributed by atoms with E-state index in [0.717, 1.165) is 6.42 Å². The molecule has 0 amide bonds. The van der Waals surface area contributed by atoms with Crippen LogP contribution in [0.1, 0.15) is 31.4 Å². The van der Waals surface area contributed by atoms with E-state index >= 15 is 0 Å². The molecule has 0 bridgehead atoms. The zero-order valence-corrected chi connectivity index (χ0v) is 17.2. The van der Waals surface area contributed by atoms with Crippen LogP contribution in [-0.4, -0.2) is 33.7 Å². The third-order valence-electron chi connectivity index (χ3n) is 4.19. The number of halogens is 3. The Balaban J connectivity index is 3.47. The van der Waals surface area contributed by atoms with Gasteiger partial charge >= 0.3 is 6.18 Å². The summed E-state index contributed by atoms with van der Waals surface area (Å²) < 4.78 is 47.3. The molecule has 0 aromatic heterocycles. The molecule has 25 heavy (non-hydrogen) atoms. The summed E-state index contributed by atoms with van der Waals surface area (Å²) in [5, 5.41) is 0. The molecule has 0 spiro atoms. The maximum Gasteiger partial charge on any atom is 0.418 e. The monoisotopic (exact) mass is 374 g/mol. The van der Waals surface area contributed by atoms with Crippen LogP contribution < -0.4 is 9.64 Å². The SMILES string of the molecule is CCC(Oc1ccc(N(C=NC)CC)c(C(F)(F)F)c1C)[Si](C)(C)C. The molecule has 0 aliphatic heterocycles. The summed E-state index contributed by atoms with van der Waals surface area (Å²) in [4.78, 5) is 5.36. The molecule has 1 aromatic rings. The van der Waals surface area contributed by atoms with Gasteiger partial charge < -0.3 is 9.64 Å². The summed E-state index contributed by atoms with van der Waals surface area (Å²) in [6, 6.07) is 3.13. The zero-order chi connectivity index (χ0) is 19.4. The fraction of sp³-hybridized carbons (Fsp3) is 0.611. The number of benzene rings is 1. The normalized spacial score (nSPS) is 14.0. The quantitative estimate of drug-likeness (QED) is 0.356. The van der Waals surface area contributed by atoms with Gasteiger partial charge in [-0.1, -0.05) is 26.6 Å².